The fourth-order valence-electron chi connectivity index (χ4n) is 3.35. The molecule has 0 radical (unpaired) electrons. The largest absolute Gasteiger partial charge is 0.340 e. The smallest absolute Gasteiger partial charge is 0.278 e. The molecule has 30 heavy (non-hydrogen) atoms. The number of benzene rings is 1. The molecule has 0 atom stereocenters. The van der Waals surface area contributed by atoms with Gasteiger partial charge in [0.1, 0.15) is 5.82 Å². The second-order valence-electron chi connectivity index (χ2n) is 6.83. The maximum Gasteiger partial charge on any atom is 0.278 e. The van der Waals surface area contributed by atoms with E-state index in [9.17, 15) is 4.79 Å². The first-order valence-electron chi connectivity index (χ1n) is 9.42. The Morgan fingerprint density at radius 1 is 1.07 bits per heavy atom. The van der Waals surface area contributed by atoms with Crippen LogP contribution in [0.15, 0.2) is 48.7 Å². The summed E-state index contributed by atoms with van der Waals surface area (Å²) in [6.45, 7) is 3.81. The molecule has 2 aromatic heterocycles. The Labute approximate surface area is 187 Å². The molecule has 3 aromatic rings. The molecule has 1 amide bonds. The summed E-state index contributed by atoms with van der Waals surface area (Å²) in [5, 5.41) is 17.7. The minimum Gasteiger partial charge on any atom is -0.340 e. The maximum atomic E-state index is 12.6. The number of hydrogen-bond donors (Lipinski definition) is 3. The number of amides is 1. The number of anilines is 3. The van der Waals surface area contributed by atoms with Crippen LogP contribution >= 0.6 is 24.8 Å². The predicted octanol–water partition coefficient (Wildman–Crippen LogP) is 3.75. The molecule has 4 rings (SSSR count). The molecule has 0 aliphatic carbocycles. The van der Waals surface area contributed by atoms with Gasteiger partial charge in [0.2, 0.25) is 0 Å². The summed E-state index contributed by atoms with van der Waals surface area (Å²) in [5.41, 5.74) is 2.71. The number of halogens is 2. The van der Waals surface area contributed by atoms with Gasteiger partial charge in [-0.05, 0) is 57.1 Å². The van der Waals surface area contributed by atoms with E-state index in [0.717, 1.165) is 37.3 Å². The van der Waals surface area contributed by atoms with Gasteiger partial charge in [-0.3, -0.25) is 4.79 Å². The number of para-hydroxylation sites is 1. The van der Waals surface area contributed by atoms with Crippen molar-refractivity contribution in [1.82, 2.24) is 25.3 Å². The number of carbonyl (C=O) groups is 1. The van der Waals surface area contributed by atoms with E-state index >= 15 is 0 Å². The van der Waals surface area contributed by atoms with Crippen LogP contribution < -0.4 is 16.0 Å². The third-order valence-corrected chi connectivity index (χ3v) is 4.86. The van der Waals surface area contributed by atoms with Gasteiger partial charge in [-0.2, -0.15) is 0 Å². The molecule has 0 bridgehead atoms. The first kappa shape index (κ1) is 23.6. The van der Waals surface area contributed by atoms with Gasteiger partial charge in [0.25, 0.3) is 5.91 Å². The second kappa shape index (κ2) is 10.9. The van der Waals surface area contributed by atoms with Gasteiger partial charge in [0.05, 0.1) is 23.6 Å². The number of nitrogens with zero attached hydrogens (tertiary/aromatic N) is 4. The topological polar surface area (TPSA) is 96.8 Å². The number of hydrogen-bond acceptors (Lipinski definition) is 6. The van der Waals surface area contributed by atoms with Gasteiger partial charge in [0, 0.05) is 5.69 Å². The van der Waals surface area contributed by atoms with Gasteiger partial charge in [-0.25, -0.2) is 9.67 Å². The zero-order valence-electron chi connectivity index (χ0n) is 16.5. The molecule has 1 saturated heterocycles. The summed E-state index contributed by atoms with van der Waals surface area (Å²) in [7, 11) is 0. The highest BCUT2D eigenvalue weighted by molar-refractivity contribution is 6.03. The van der Waals surface area contributed by atoms with Crippen LogP contribution in [0.25, 0.3) is 0 Å². The number of carbonyl (C=O) groups excluding carboxylic acids is 1. The van der Waals surface area contributed by atoms with Crippen LogP contribution in [-0.2, 0) is 0 Å². The summed E-state index contributed by atoms with van der Waals surface area (Å²) in [6, 6.07) is 13.7. The fraction of sp³-hybridized carbons (Fsp3) is 0.300. The fourth-order valence-corrected chi connectivity index (χ4v) is 3.35. The summed E-state index contributed by atoms with van der Waals surface area (Å²) >= 11 is 0. The molecule has 1 aromatic carbocycles. The van der Waals surface area contributed by atoms with E-state index in [2.05, 4.69) is 31.2 Å². The lowest BCUT2D eigenvalue weighted by Gasteiger charge is -2.23. The number of piperidine rings is 1. The van der Waals surface area contributed by atoms with Crippen molar-refractivity contribution in [2.45, 2.75) is 25.8 Å². The van der Waals surface area contributed by atoms with Gasteiger partial charge in [-0.1, -0.05) is 23.4 Å². The van der Waals surface area contributed by atoms with Crippen LogP contribution in [0.3, 0.4) is 0 Å². The number of rotatable bonds is 5. The second-order valence-corrected chi connectivity index (χ2v) is 6.83. The van der Waals surface area contributed by atoms with Crippen LogP contribution in [-0.4, -0.2) is 39.0 Å². The van der Waals surface area contributed by atoms with Crippen LogP contribution in [0.2, 0.25) is 0 Å². The molecule has 1 fully saturated rings. The van der Waals surface area contributed by atoms with Crippen LogP contribution in [0.4, 0.5) is 17.2 Å². The first-order chi connectivity index (χ1) is 13.7. The van der Waals surface area contributed by atoms with E-state index < -0.39 is 0 Å². The van der Waals surface area contributed by atoms with Crippen LogP contribution in [0.5, 0.6) is 0 Å². The normalized spacial score (nSPS) is 13.6. The Morgan fingerprint density at radius 3 is 2.47 bits per heavy atom. The molecule has 0 spiro atoms. The monoisotopic (exact) mass is 449 g/mol. The van der Waals surface area contributed by atoms with E-state index in [1.54, 1.807) is 6.20 Å². The SMILES string of the molecule is Cc1c(C(=O)Nc2ccc(Nc3ccccc3)nc2)nnn1C1CCNCC1.Cl.Cl. The summed E-state index contributed by atoms with van der Waals surface area (Å²) < 4.78 is 1.88. The van der Waals surface area contributed by atoms with E-state index in [4.69, 9.17) is 0 Å². The lowest BCUT2D eigenvalue weighted by molar-refractivity contribution is 0.102. The molecule has 3 heterocycles. The zero-order valence-corrected chi connectivity index (χ0v) is 18.2. The lowest BCUT2D eigenvalue weighted by Crippen LogP contribution is -2.30. The molecular formula is C20H25Cl2N7O. The van der Waals surface area contributed by atoms with Gasteiger partial charge >= 0.3 is 0 Å². The van der Waals surface area contributed by atoms with Crippen molar-refractivity contribution in [2.75, 3.05) is 23.7 Å². The minimum absolute atomic E-state index is 0. The zero-order chi connectivity index (χ0) is 19.3. The lowest BCUT2D eigenvalue weighted by atomic mass is 10.1. The molecule has 1 aliphatic rings. The maximum absolute atomic E-state index is 12.6. The van der Waals surface area contributed by atoms with Crippen molar-refractivity contribution < 1.29 is 4.79 Å². The first-order valence-corrected chi connectivity index (χ1v) is 9.42. The van der Waals surface area contributed by atoms with Crippen LogP contribution in [0.1, 0.15) is 35.1 Å². The van der Waals surface area contributed by atoms with Crippen molar-refractivity contribution in [1.29, 1.82) is 0 Å². The Hall–Kier alpha value is -2.68. The third kappa shape index (κ3) is 5.47. The van der Waals surface area contributed by atoms with E-state index in [0.29, 0.717) is 23.2 Å². The summed E-state index contributed by atoms with van der Waals surface area (Å²) in [6.07, 6.45) is 3.60. The van der Waals surface area contributed by atoms with Crippen molar-refractivity contribution in [2.24, 2.45) is 0 Å². The number of pyridine rings is 1. The van der Waals surface area contributed by atoms with Crippen molar-refractivity contribution in [3.8, 4) is 0 Å². The standard InChI is InChI=1S/C20H23N7O.2ClH/c1-14-19(25-26-27(14)17-9-11-21-12-10-17)20(28)24-16-7-8-18(22-13-16)23-15-5-3-2-4-6-15;;/h2-8,13,17,21H,9-12H2,1H3,(H,22,23)(H,24,28);2*1H. The average Bonchev–Trinajstić information content (AvgIpc) is 3.12. The number of aromatic nitrogens is 4. The van der Waals surface area contributed by atoms with E-state index in [1.807, 2.05) is 54.1 Å². The Balaban J connectivity index is 0.00000160. The summed E-state index contributed by atoms with van der Waals surface area (Å²) in [4.78, 5) is 17.0. The van der Waals surface area contributed by atoms with Gasteiger partial charge in [0.15, 0.2) is 5.69 Å². The molecule has 0 unspecified atom stereocenters. The summed E-state index contributed by atoms with van der Waals surface area (Å²) in [5.74, 6) is 0.431. The Morgan fingerprint density at radius 2 is 1.80 bits per heavy atom. The predicted molar refractivity (Wildman–Crippen MR) is 122 cm³/mol. The molecule has 10 heteroatoms. The molecule has 1 aliphatic heterocycles. The van der Waals surface area contributed by atoms with Gasteiger partial charge in [-0.15, -0.1) is 29.9 Å². The van der Waals surface area contributed by atoms with Crippen LogP contribution in [0, 0.1) is 6.92 Å². The quantitative estimate of drug-likeness (QED) is 0.548. The third-order valence-electron chi connectivity index (χ3n) is 4.86. The van der Waals surface area contributed by atoms with E-state index in [1.165, 1.54) is 0 Å². The number of nitrogens with one attached hydrogen (secondary N) is 3. The Kier molecular flexibility index (Phi) is 8.58. The highest BCUT2D eigenvalue weighted by Gasteiger charge is 2.23. The molecule has 8 nitrogen and oxygen atoms in total. The molecule has 0 saturated carbocycles. The highest BCUT2D eigenvalue weighted by atomic mass is 35.5. The van der Waals surface area contributed by atoms with Crippen molar-refractivity contribution in [3.63, 3.8) is 0 Å². The average molecular weight is 450 g/mol. The minimum atomic E-state index is -0.275. The van der Waals surface area contributed by atoms with Gasteiger partial charge < -0.3 is 16.0 Å². The Bertz CT molecular complexity index is 942. The molecular weight excluding hydrogens is 425 g/mol. The molecule has 160 valence electrons. The highest BCUT2D eigenvalue weighted by Crippen LogP contribution is 2.21. The van der Waals surface area contributed by atoms with Crippen molar-refractivity contribution in [3.05, 3.63) is 60.0 Å². The van der Waals surface area contributed by atoms with Crippen molar-refractivity contribution >= 4 is 47.9 Å². The molecule has 3 N–H and O–H groups in total. The van der Waals surface area contributed by atoms with E-state index in [-0.39, 0.29) is 30.7 Å².